The Morgan fingerprint density at radius 3 is 3.00 bits per heavy atom. The van der Waals surface area contributed by atoms with Crippen molar-refractivity contribution in [3.63, 3.8) is 0 Å². The van der Waals surface area contributed by atoms with E-state index in [0.29, 0.717) is 17.3 Å². The quantitative estimate of drug-likeness (QED) is 0.593. The van der Waals surface area contributed by atoms with E-state index in [1.54, 1.807) is 24.4 Å². The number of likely N-dealkylation sites (tertiary alicyclic amines) is 1. The molecule has 1 aromatic carbocycles. The Kier molecular flexibility index (Phi) is 5.25. The summed E-state index contributed by atoms with van der Waals surface area (Å²) in [7, 11) is 0. The maximum Gasteiger partial charge on any atom is 0.241 e. The highest BCUT2D eigenvalue weighted by molar-refractivity contribution is 5.87. The molecule has 1 aliphatic heterocycles. The smallest absolute Gasteiger partial charge is 0.241 e. The van der Waals surface area contributed by atoms with Crippen LogP contribution in [-0.4, -0.2) is 45.6 Å². The maximum absolute atomic E-state index is 13.6. The Hall–Kier alpha value is -3.64. The molecule has 0 radical (unpaired) electrons. The van der Waals surface area contributed by atoms with Gasteiger partial charge in [0.25, 0.3) is 0 Å². The highest BCUT2D eigenvalue weighted by atomic mass is 19.1. The summed E-state index contributed by atoms with van der Waals surface area (Å²) in [6, 6.07) is 9.19. The van der Waals surface area contributed by atoms with Gasteiger partial charge in [0.15, 0.2) is 0 Å². The monoisotopic (exact) mass is 408 g/mol. The first-order valence-corrected chi connectivity index (χ1v) is 9.53. The van der Waals surface area contributed by atoms with Crippen LogP contribution in [0.5, 0.6) is 11.6 Å². The number of amides is 1. The second kappa shape index (κ2) is 8.00. The predicted molar refractivity (Wildman–Crippen MR) is 109 cm³/mol. The first-order valence-electron chi connectivity index (χ1n) is 9.53. The topological polar surface area (TPSA) is 134 Å². The molecule has 0 spiro atoms. The molecule has 0 saturated carbocycles. The number of benzene rings is 1. The lowest BCUT2D eigenvalue weighted by atomic mass is 10.0. The normalized spacial score (nSPS) is 19.6. The largest absolute Gasteiger partial charge is 0.439 e. The summed E-state index contributed by atoms with van der Waals surface area (Å²) < 4.78 is 19.4. The molecule has 5 N–H and O–H groups in total. The van der Waals surface area contributed by atoms with Crippen molar-refractivity contribution in [1.82, 2.24) is 14.9 Å². The van der Waals surface area contributed by atoms with Gasteiger partial charge in [0.05, 0.1) is 30.5 Å². The molecule has 3 aromatic rings. The molecule has 9 heteroatoms. The summed E-state index contributed by atoms with van der Waals surface area (Å²) in [6.07, 6.45) is 2.37. The number of ether oxygens (including phenoxy) is 1. The Bertz CT molecular complexity index is 1110. The van der Waals surface area contributed by atoms with Gasteiger partial charge < -0.3 is 26.1 Å². The van der Waals surface area contributed by atoms with E-state index in [9.17, 15) is 9.18 Å². The number of hydrogen-bond acceptors (Lipinski definition) is 6. The van der Waals surface area contributed by atoms with Gasteiger partial charge in [-0.15, -0.1) is 0 Å². The number of H-pyrrole nitrogens is 1. The van der Waals surface area contributed by atoms with Crippen LogP contribution in [0.2, 0.25) is 0 Å². The van der Waals surface area contributed by atoms with Crippen LogP contribution in [0.25, 0.3) is 10.9 Å². The molecule has 3 atom stereocenters. The summed E-state index contributed by atoms with van der Waals surface area (Å²) in [5, 5.41) is 10.0. The standard InChI is InChI=1S/C21H21FN6O2/c22-13-6-15(8-23)28(11-13)21(29)18(25)5-12-9-26-19-3-2-16(7-17(12)19)30-20-4-1-14(24)10-27-20/h1-4,7,9-10,13,15,18,26H,5-6,11,24-25H2/t13?,15-,18-/m0/s1. The molecular formula is C21H21FN6O2. The molecule has 1 unspecified atom stereocenters. The molecule has 154 valence electrons. The average Bonchev–Trinajstić information content (AvgIpc) is 3.32. The number of aromatic amines is 1. The number of nitrogens with two attached hydrogens (primary N) is 2. The fraction of sp³-hybridized carbons (Fsp3) is 0.286. The van der Waals surface area contributed by atoms with Crippen molar-refractivity contribution < 1.29 is 13.9 Å². The third-order valence-electron chi connectivity index (χ3n) is 5.16. The van der Waals surface area contributed by atoms with Crippen molar-refractivity contribution in [2.45, 2.75) is 31.1 Å². The SMILES string of the molecule is N#C[C@@H]1CC(F)CN1C(=O)[C@@H](N)Cc1c[nH]c2ccc(Oc3ccc(N)cn3)cc12. The number of halogens is 1. The number of carbonyl (C=O) groups is 1. The lowest BCUT2D eigenvalue weighted by molar-refractivity contribution is -0.132. The molecule has 1 aliphatic rings. The Labute approximate surface area is 172 Å². The zero-order chi connectivity index (χ0) is 21.3. The molecule has 8 nitrogen and oxygen atoms in total. The number of rotatable bonds is 5. The van der Waals surface area contributed by atoms with Gasteiger partial charge in [-0.2, -0.15) is 5.26 Å². The van der Waals surface area contributed by atoms with Crippen molar-refractivity contribution in [2.75, 3.05) is 12.3 Å². The van der Waals surface area contributed by atoms with E-state index < -0.39 is 24.2 Å². The molecule has 0 aliphatic carbocycles. The van der Waals surface area contributed by atoms with Gasteiger partial charge in [-0.05, 0) is 36.2 Å². The van der Waals surface area contributed by atoms with Gasteiger partial charge in [-0.1, -0.05) is 0 Å². The number of alkyl halides is 1. The molecule has 0 bridgehead atoms. The van der Waals surface area contributed by atoms with E-state index >= 15 is 0 Å². The highest BCUT2D eigenvalue weighted by Gasteiger charge is 2.37. The number of nitrogens with one attached hydrogen (secondary N) is 1. The molecule has 1 amide bonds. The van der Waals surface area contributed by atoms with Crippen LogP contribution < -0.4 is 16.2 Å². The van der Waals surface area contributed by atoms with Crippen molar-refractivity contribution in [3.05, 3.63) is 48.3 Å². The predicted octanol–water partition coefficient (Wildman–Crippen LogP) is 2.27. The summed E-state index contributed by atoms with van der Waals surface area (Å²) in [6.45, 7) is -0.0920. The first-order chi connectivity index (χ1) is 14.4. The molecule has 1 fully saturated rings. The first kappa shape index (κ1) is 19.7. The van der Waals surface area contributed by atoms with E-state index in [1.165, 1.54) is 11.1 Å². The maximum atomic E-state index is 13.6. The molecule has 30 heavy (non-hydrogen) atoms. The fourth-order valence-corrected chi connectivity index (χ4v) is 3.65. The third-order valence-corrected chi connectivity index (χ3v) is 5.16. The summed E-state index contributed by atoms with van der Waals surface area (Å²) in [4.78, 5) is 21.2. The summed E-state index contributed by atoms with van der Waals surface area (Å²) >= 11 is 0. The van der Waals surface area contributed by atoms with Gasteiger partial charge in [0.1, 0.15) is 18.0 Å². The van der Waals surface area contributed by atoms with Gasteiger partial charge in [0.2, 0.25) is 11.8 Å². The van der Waals surface area contributed by atoms with Crippen LogP contribution in [-0.2, 0) is 11.2 Å². The van der Waals surface area contributed by atoms with Crippen LogP contribution in [0.3, 0.4) is 0 Å². The number of nitrogen functional groups attached to an aromatic ring is 1. The third kappa shape index (κ3) is 3.90. The molecule has 2 aromatic heterocycles. The molecular weight excluding hydrogens is 387 g/mol. The van der Waals surface area contributed by atoms with Crippen LogP contribution >= 0.6 is 0 Å². The van der Waals surface area contributed by atoms with Crippen molar-refractivity contribution >= 4 is 22.5 Å². The van der Waals surface area contributed by atoms with E-state index in [1.807, 2.05) is 18.2 Å². The fourth-order valence-electron chi connectivity index (χ4n) is 3.65. The van der Waals surface area contributed by atoms with Gasteiger partial charge in [0, 0.05) is 29.6 Å². The highest BCUT2D eigenvalue weighted by Crippen LogP contribution is 2.28. The van der Waals surface area contributed by atoms with Crippen molar-refractivity contribution in [2.24, 2.45) is 5.73 Å². The Balaban J connectivity index is 1.52. The molecule has 3 heterocycles. The van der Waals surface area contributed by atoms with Crippen LogP contribution in [0.1, 0.15) is 12.0 Å². The van der Waals surface area contributed by atoms with Gasteiger partial charge >= 0.3 is 0 Å². The van der Waals surface area contributed by atoms with Crippen molar-refractivity contribution in [1.29, 1.82) is 5.26 Å². The number of fused-ring (bicyclic) bond motifs is 1. The number of anilines is 1. The number of nitrogens with zero attached hydrogens (tertiary/aromatic N) is 3. The minimum atomic E-state index is -1.19. The second-order valence-electron chi connectivity index (χ2n) is 7.33. The number of pyridine rings is 1. The Morgan fingerprint density at radius 1 is 1.43 bits per heavy atom. The average molecular weight is 408 g/mol. The van der Waals surface area contributed by atoms with Crippen LogP contribution in [0, 0.1) is 11.3 Å². The van der Waals surface area contributed by atoms with E-state index in [0.717, 1.165) is 16.5 Å². The summed E-state index contributed by atoms with van der Waals surface area (Å²) in [5.74, 6) is 0.560. The van der Waals surface area contributed by atoms with Crippen LogP contribution in [0.4, 0.5) is 10.1 Å². The second-order valence-corrected chi connectivity index (χ2v) is 7.33. The van der Waals surface area contributed by atoms with Crippen LogP contribution in [0.15, 0.2) is 42.7 Å². The number of hydrogen-bond donors (Lipinski definition) is 3. The van der Waals surface area contributed by atoms with Gasteiger partial charge in [-0.3, -0.25) is 4.79 Å². The Morgan fingerprint density at radius 2 is 2.27 bits per heavy atom. The van der Waals surface area contributed by atoms with E-state index in [-0.39, 0.29) is 19.4 Å². The summed E-state index contributed by atoms with van der Waals surface area (Å²) in [5.41, 5.74) is 14.0. The zero-order valence-electron chi connectivity index (χ0n) is 16.1. The lowest BCUT2D eigenvalue weighted by Gasteiger charge is -2.23. The molecule has 1 saturated heterocycles. The lowest BCUT2D eigenvalue weighted by Crippen LogP contribution is -2.46. The van der Waals surface area contributed by atoms with E-state index in [4.69, 9.17) is 21.5 Å². The van der Waals surface area contributed by atoms with Gasteiger partial charge in [-0.25, -0.2) is 9.37 Å². The molecule has 4 rings (SSSR count). The minimum Gasteiger partial charge on any atom is -0.439 e. The minimum absolute atomic E-state index is 0.0297. The zero-order valence-corrected chi connectivity index (χ0v) is 16.1. The number of carbonyl (C=O) groups excluding carboxylic acids is 1. The van der Waals surface area contributed by atoms with Crippen molar-refractivity contribution in [3.8, 4) is 17.7 Å². The number of aromatic nitrogens is 2. The number of nitriles is 1. The van der Waals surface area contributed by atoms with E-state index in [2.05, 4.69) is 9.97 Å².